The maximum atomic E-state index is 14.0. The number of rotatable bonds is 7. The Morgan fingerprint density at radius 3 is 2.43 bits per heavy atom. The normalized spacial score (nSPS) is 24.8. The predicted molar refractivity (Wildman–Crippen MR) is 118 cm³/mol. The van der Waals surface area contributed by atoms with E-state index in [0.717, 1.165) is 23.7 Å². The van der Waals surface area contributed by atoms with Gasteiger partial charge in [0.15, 0.2) is 0 Å². The molecule has 0 amide bonds. The summed E-state index contributed by atoms with van der Waals surface area (Å²) in [5.41, 5.74) is 1.03. The third-order valence-corrected chi connectivity index (χ3v) is 8.12. The van der Waals surface area contributed by atoms with Gasteiger partial charge in [0.25, 0.3) is 7.52 Å². The summed E-state index contributed by atoms with van der Waals surface area (Å²) in [5, 5.41) is 4.68. The first kappa shape index (κ1) is 21.6. The van der Waals surface area contributed by atoms with Crippen molar-refractivity contribution in [2.24, 2.45) is 17.8 Å². The SMILES string of the molecule is CC1CCC(C(C)C)C(OP(=O)(NCc2ccc(Cl)cc2)c2ccccc2)C1. The monoisotopic (exact) mass is 419 g/mol. The molecule has 1 saturated carbocycles. The Bertz CT molecular complexity index is 794. The molecule has 0 bridgehead atoms. The molecule has 0 radical (unpaired) electrons. The molecule has 1 aliphatic rings. The lowest BCUT2D eigenvalue weighted by atomic mass is 9.75. The van der Waals surface area contributed by atoms with Gasteiger partial charge in [0.1, 0.15) is 0 Å². The van der Waals surface area contributed by atoms with Gasteiger partial charge in [0.05, 0.1) is 11.4 Å². The molecule has 28 heavy (non-hydrogen) atoms. The Morgan fingerprint density at radius 1 is 1.11 bits per heavy atom. The molecule has 2 aromatic rings. The first-order valence-corrected chi connectivity index (χ1v) is 12.2. The van der Waals surface area contributed by atoms with E-state index in [1.807, 2.05) is 54.6 Å². The van der Waals surface area contributed by atoms with Gasteiger partial charge in [-0.15, -0.1) is 0 Å². The first-order chi connectivity index (χ1) is 13.4. The second-order valence-electron chi connectivity index (χ2n) is 8.32. The van der Waals surface area contributed by atoms with Gasteiger partial charge in [-0.3, -0.25) is 4.57 Å². The molecule has 0 spiro atoms. The van der Waals surface area contributed by atoms with Crippen molar-refractivity contribution in [3.05, 3.63) is 65.2 Å². The van der Waals surface area contributed by atoms with Gasteiger partial charge in [-0.05, 0) is 60.4 Å². The predicted octanol–water partition coefficient (Wildman–Crippen LogP) is 6.43. The summed E-state index contributed by atoms with van der Waals surface area (Å²) in [7, 11) is -3.20. The topological polar surface area (TPSA) is 38.3 Å². The summed E-state index contributed by atoms with van der Waals surface area (Å²) in [4.78, 5) is 0. The molecule has 152 valence electrons. The standard InChI is InChI=1S/C23H31ClNO2P/c1-17(2)22-14-9-18(3)15-23(22)27-28(26,21-7-5-4-6-8-21)25-16-19-10-12-20(24)13-11-19/h4-8,10-13,17-18,22-23H,9,14-16H2,1-3H3,(H,25,26). The Balaban J connectivity index is 1.83. The molecule has 0 heterocycles. The van der Waals surface area contributed by atoms with Gasteiger partial charge >= 0.3 is 0 Å². The maximum absolute atomic E-state index is 14.0. The van der Waals surface area contributed by atoms with Gasteiger partial charge in [0.2, 0.25) is 0 Å². The van der Waals surface area contributed by atoms with Gasteiger partial charge < -0.3 is 4.52 Å². The second kappa shape index (κ2) is 9.59. The largest absolute Gasteiger partial charge is 0.311 e. The van der Waals surface area contributed by atoms with E-state index in [2.05, 4.69) is 25.9 Å². The molecule has 3 rings (SSSR count). The third kappa shape index (κ3) is 5.48. The molecule has 3 nitrogen and oxygen atoms in total. The van der Waals surface area contributed by atoms with E-state index in [4.69, 9.17) is 16.1 Å². The Hall–Kier alpha value is -1.12. The van der Waals surface area contributed by atoms with Crippen LogP contribution >= 0.6 is 19.1 Å². The van der Waals surface area contributed by atoms with Crippen molar-refractivity contribution in [2.45, 2.75) is 52.7 Å². The van der Waals surface area contributed by atoms with Crippen LogP contribution in [0.25, 0.3) is 0 Å². The number of benzene rings is 2. The highest BCUT2D eigenvalue weighted by molar-refractivity contribution is 7.65. The molecule has 0 aromatic heterocycles. The summed E-state index contributed by atoms with van der Waals surface area (Å²) >= 11 is 5.99. The fourth-order valence-electron chi connectivity index (χ4n) is 4.04. The minimum atomic E-state index is -3.20. The van der Waals surface area contributed by atoms with Gasteiger partial charge in [0, 0.05) is 11.6 Å². The van der Waals surface area contributed by atoms with E-state index in [9.17, 15) is 4.57 Å². The highest BCUT2D eigenvalue weighted by Gasteiger charge is 2.37. The average Bonchev–Trinajstić information content (AvgIpc) is 2.68. The van der Waals surface area contributed by atoms with Crippen molar-refractivity contribution in [2.75, 3.05) is 0 Å². The van der Waals surface area contributed by atoms with Crippen LogP contribution in [-0.4, -0.2) is 6.10 Å². The molecule has 4 atom stereocenters. The molecule has 1 aliphatic carbocycles. The summed E-state index contributed by atoms with van der Waals surface area (Å²) in [6.45, 7) is 7.22. The highest BCUT2D eigenvalue weighted by Crippen LogP contribution is 2.48. The summed E-state index contributed by atoms with van der Waals surface area (Å²) < 4.78 is 20.5. The lowest BCUT2D eigenvalue weighted by Gasteiger charge is -2.39. The zero-order valence-corrected chi connectivity index (χ0v) is 18.6. The smallest absolute Gasteiger partial charge is 0.300 e. The van der Waals surface area contributed by atoms with Crippen LogP contribution in [-0.2, 0) is 15.6 Å². The molecule has 1 N–H and O–H groups in total. The van der Waals surface area contributed by atoms with E-state index in [1.54, 1.807) is 0 Å². The number of hydrogen-bond donors (Lipinski definition) is 1. The number of nitrogens with one attached hydrogen (secondary N) is 1. The van der Waals surface area contributed by atoms with Crippen molar-refractivity contribution in [3.63, 3.8) is 0 Å². The molecule has 0 aliphatic heterocycles. The van der Waals surface area contributed by atoms with Crippen molar-refractivity contribution in [1.29, 1.82) is 0 Å². The van der Waals surface area contributed by atoms with Crippen LogP contribution in [0.4, 0.5) is 0 Å². The summed E-state index contributed by atoms with van der Waals surface area (Å²) in [6, 6.07) is 17.2. The van der Waals surface area contributed by atoms with E-state index in [-0.39, 0.29) is 6.10 Å². The fraction of sp³-hybridized carbons (Fsp3) is 0.478. The van der Waals surface area contributed by atoms with Crippen LogP contribution in [0.2, 0.25) is 5.02 Å². The molecule has 0 saturated heterocycles. The van der Waals surface area contributed by atoms with Crippen molar-refractivity contribution < 1.29 is 9.09 Å². The van der Waals surface area contributed by atoms with Crippen molar-refractivity contribution >= 4 is 24.4 Å². The summed E-state index contributed by atoms with van der Waals surface area (Å²) in [5.74, 6) is 1.55. The molecule has 2 aromatic carbocycles. The second-order valence-corrected chi connectivity index (χ2v) is 10.9. The van der Waals surface area contributed by atoms with Crippen LogP contribution in [0.3, 0.4) is 0 Å². The van der Waals surface area contributed by atoms with Gasteiger partial charge in [-0.2, -0.15) is 0 Å². The lowest BCUT2D eigenvalue weighted by Crippen LogP contribution is -2.36. The molecule has 4 unspecified atom stereocenters. The van der Waals surface area contributed by atoms with E-state index in [0.29, 0.717) is 29.3 Å². The molecular formula is C23H31ClNO2P. The quantitative estimate of drug-likeness (QED) is 0.526. The molecular weight excluding hydrogens is 389 g/mol. The van der Waals surface area contributed by atoms with E-state index in [1.165, 1.54) is 6.42 Å². The van der Waals surface area contributed by atoms with Crippen molar-refractivity contribution in [3.8, 4) is 0 Å². The van der Waals surface area contributed by atoms with Crippen LogP contribution in [0, 0.1) is 17.8 Å². The summed E-state index contributed by atoms with van der Waals surface area (Å²) in [6.07, 6.45) is 3.32. The van der Waals surface area contributed by atoms with Crippen LogP contribution in [0.5, 0.6) is 0 Å². The van der Waals surface area contributed by atoms with Gasteiger partial charge in [-0.1, -0.05) is 69.1 Å². The highest BCUT2D eigenvalue weighted by atomic mass is 35.5. The maximum Gasteiger partial charge on any atom is 0.300 e. The zero-order chi connectivity index (χ0) is 20.1. The average molecular weight is 420 g/mol. The van der Waals surface area contributed by atoms with Crippen LogP contribution < -0.4 is 10.4 Å². The minimum absolute atomic E-state index is 0.00695. The van der Waals surface area contributed by atoms with Crippen LogP contribution in [0.1, 0.15) is 45.6 Å². The minimum Gasteiger partial charge on any atom is -0.311 e. The first-order valence-electron chi connectivity index (χ1n) is 10.2. The molecule has 5 heteroatoms. The number of halogens is 1. The third-order valence-electron chi connectivity index (χ3n) is 5.75. The van der Waals surface area contributed by atoms with Crippen LogP contribution in [0.15, 0.2) is 54.6 Å². The van der Waals surface area contributed by atoms with Crippen molar-refractivity contribution in [1.82, 2.24) is 5.09 Å². The number of hydrogen-bond acceptors (Lipinski definition) is 2. The molecule has 1 fully saturated rings. The Kier molecular flexibility index (Phi) is 7.39. The lowest BCUT2D eigenvalue weighted by molar-refractivity contribution is 0.0483. The zero-order valence-electron chi connectivity index (χ0n) is 17.0. The van der Waals surface area contributed by atoms with E-state index < -0.39 is 7.52 Å². The van der Waals surface area contributed by atoms with Gasteiger partial charge in [-0.25, -0.2) is 5.09 Å². The van der Waals surface area contributed by atoms with E-state index >= 15 is 0 Å². The Morgan fingerprint density at radius 2 is 1.79 bits per heavy atom. The Labute approximate surface area is 174 Å². The fourth-order valence-corrected chi connectivity index (χ4v) is 6.12.